The van der Waals surface area contributed by atoms with E-state index in [0.29, 0.717) is 6.42 Å². The fourth-order valence-electron chi connectivity index (χ4n) is 1.57. The molecule has 1 amide bonds. The Bertz CT molecular complexity index is 419. The highest BCUT2D eigenvalue weighted by atomic mass is 16.6. The van der Waals surface area contributed by atoms with E-state index in [0.717, 1.165) is 5.56 Å². The Labute approximate surface area is 112 Å². The lowest BCUT2D eigenvalue weighted by atomic mass is 10.2. The predicted octanol–water partition coefficient (Wildman–Crippen LogP) is 2.51. The lowest BCUT2D eigenvalue weighted by Gasteiger charge is -2.26. The van der Waals surface area contributed by atoms with Crippen LogP contribution in [0.2, 0.25) is 0 Å². The molecule has 1 unspecified atom stereocenters. The highest BCUT2D eigenvalue weighted by Gasteiger charge is 2.22. The van der Waals surface area contributed by atoms with Crippen LogP contribution in [0.1, 0.15) is 25.8 Å². The first-order valence-electron chi connectivity index (χ1n) is 6.23. The van der Waals surface area contributed by atoms with Crippen LogP contribution in [0.15, 0.2) is 30.3 Å². The minimum atomic E-state index is -1.04. The van der Waals surface area contributed by atoms with Crippen LogP contribution < -0.4 is 0 Å². The number of carbonyl (C=O) groups is 2. The van der Waals surface area contributed by atoms with Crippen molar-refractivity contribution >= 4 is 12.1 Å². The Morgan fingerprint density at radius 2 is 1.95 bits per heavy atom. The maximum absolute atomic E-state index is 11.9. The topological polar surface area (TPSA) is 66.8 Å². The van der Waals surface area contributed by atoms with Crippen molar-refractivity contribution in [2.75, 3.05) is 6.54 Å². The molecule has 0 radical (unpaired) electrons. The first-order chi connectivity index (χ1) is 9.04. The number of hydrogen-bond donors (Lipinski definition) is 1. The number of amides is 1. The van der Waals surface area contributed by atoms with E-state index >= 15 is 0 Å². The van der Waals surface area contributed by atoms with E-state index in [4.69, 9.17) is 9.84 Å². The molecule has 0 fully saturated rings. The summed E-state index contributed by atoms with van der Waals surface area (Å²) in [5.74, 6) is -1.04. The van der Waals surface area contributed by atoms with E-state index in [1.54, 1.807) is 6.92 Å². The molecule has 0 spiro atoms. The van der Waals surface area contributed by atoms with Gasteiger partial charge in [0.15, 0.2) is 0 Å². The normalized spacial score (nSPS) is 11.7. The van der Waals surface area contributed by atoms with Crippen LogP contribution in [0.3, 0.4) is 0 Å². The van der Waals surface area contributed by atoms with Gasteiger partial charge >= 0.3 is 12.1 Å². The van der Waals surface area contributed by atoms with Gasteiger partial charge in [-0.15, -0.1) is 0 Å². The minimum absolute atomic E-state index is 0.145. The summed E-state index contributed by atoms with van der Waals surface area (Å²) in [5.41, 5.74) is 0.871. The van der Waals surface area contributed by atoms with Gasteiger partial charge in [-0.25, -0.2) is 4.79 Å². The van der Waals surface area contributed by atoms with Crippen LogP contribution >= 0.6 is 0 Å². The molecule has 0 bridgehead atoms. The summed E-state index contributed by atoms with van der Waals surface area (Å²) in [4.78, 5) is 23.9. The molecule has 0 saturated carbocycles. The van der Waals surface area contributed by atoms with Crippen molar-refractivity contribution in [3.63, 3.8) is 0 Å². The van der Waals surface area contributed by atoms with Crippen LogP contribution in [0.25, 0.3) is 0 Å². The second kappa shape index (κ2) is 7.41. The quantitative estimate of drug-likeness (QED) is 0.858. The third-order valence-corrected chi connectivity index (χ3v) is 2.87. The van der Waals surface area contributed by atoms with Gasteiger partial charge < -0.3 is 9.84 Å². The lowest BCUT2D eigenvalue weighted by Crippen LogP contribution is -2.42. The third kappa shape index (κ3) is 4.99. The van der Waals surface area contributed by atoms with E-state index in [1.807, 2.05) is 37.3 Å². The van der Waals surface area contributed by atoms with Crippen molar-refractivity contribution in [3.8, 4) is 0 Å². The van der Waals surface area contributed by atoms with E-state index in [9.17, 15) is 9.59 Å². The van der Waals surface area contributed by atoms with Crippen LogP contribution in [0.4, 0.5) is 4.79 Å². The zero-order chi connectivity index (χ0) is 14.3. The Morgan fingerprint density at radius 3 is 2.47 bits per heavy atom. The summed E-state index contributed by atoms with van der Waals surface area (Å²) in [7, 11) is 0. The second-order valence-corrected chi connectivity index (χ2v) is 4.32. The molecule has 5 heteroatoms. The zero-order valence-electron chi connectivity index (χ0n) is 11.2. The van der Waals surface area contributed by atoms with Crippen LogP contribution in [-0.2, 0) is 16.1 Å². The van der Waals surface area contributed by atoms with Gasteiger partial charge in [0.2, 0.25) is 0 Å². The van der Waals surface area contributed by atoms with E-state index in [-0.39, 0.29) is 19.2 Å². The Kier molecular flexibility index (Phi) is 5.85. The summed E-state index contributed by atoms with van der Waals surface area (Å²) in [6, 6.07) is 9.11. The van der Waals surface area contributed by atoms with Crippen molar-refractivity contribution in [2.45, 2.75) is 32.9 Å². The van der Waals surface area contributed by atoms with Gasteiger partial charge in [0.25, 0.3) is 0 Å². The highest BCUT2D eigenvalue weighted by molar-refractivity contribution is 5.77. The fourth-order valence-corrected chi connectivity index (χ4v) is 1.57. The van der Waals surface area contributed by atoms with Crippen LogP contribution in [-0.4, -0.2) is 34.7 Å². The first-order valence-corrected chi connectivity index (χ1v) is 6.23. The van der Waals surface area contributed by atoms with E-state index in [2.05, 4.69) is 0 Å². The van der Waals surface area contributed by atoms with E-state index in [1.165, 1.54) is 4.90 Å². The molecule has 0 aliphatic carbocycles. The molecule has 0 heterocycles. The molecule has 1 atom stereocenters. The van der Waals surface area contributed by atoms with Gasteiger partial charge in [-0.1, -0.05) is 37.3 Å². The lowest BCUT2D eigenvalue weighted by molar-refractivity contribution is -0.138. The number of carboxylic acid groups (broad SMARTS) is 1. The molecular weight excluding hydrogens is 246 g/mol. The number of carboxylic acids is 1. The monoisotopic (exact) mass is 265 g/mol. The van der Waals surface area contributed by atoms with Crippen LogP contribution in [0.5, 0.6) is 0 Å². The maximum Gasteiger partial charge on any atom is 0.410 e. The number of hydrogen-bond acceptors (Lipinski definition) is 3. The molecule has 5 nitrogen and oxygen atoms in total. The average Bonchev–Trinajstić information content (AvgIpc) is 2.42. The van der Waals surface area contributed by atoms with Crippen molar-refractivity contribution < 1.29 is 19.4 Å². The Morgan fingerprint density at radius 1 is 1.32 bits per heavy atom. The van der Waals surface area contributed by atoms with Crippen molar-refractivity contribution in [3.05, 3.63) is 35.9 Å². The molecule has 1 aromatic carbocycles. The molecule has 0 aromatic heterocycles. The summed E-state index contributed by atoms with van der Waals surface area (Å²) in [6.45, 7) is 3.49. The molecule has 1 aromatic rings. The smallest absolute Gasteiger partial charge is 0.410 e. The van der Waals surface area contributed by atoms with Crippen molar-refractivity contribution in [1.82, 2.24) is 4.90 Å². The molecule has 1 rings (SSSR count). The van der Waals surface area contributed by atoms with Gasteiger partial charge in [-0.3, -0.25) is 9.69 Å². The van der Waals surface area contributed by atoms with Gasteiger partial charge in [-0.05, 0) is 18.9 Å². The largest absolute Gasteiger partial charge is 0.480 e. The van der Waals surface area contributed by atoms with Crippen molar-refractivity contribution in [2.24, 2.45) is 0 Å². The Hall–Kier alpha value is -2.04. The molecule has 1 N–H and O–H groups in total. The second-order valence-electron chi connectivity index (χ2n) is 4.32. The standard InChI is InChI=1S/C14H19NO4/c1-3-11(2)15(9-13(16)17)14(18)19-10-12-7-5-4-6-8-12/h4-8,11H,3,9-10H2,1-2H3,(H,16,17). The Balaban J connectivity index is 2.59. The van der Waals surface area contributed by atoms with Crippen LogP contribution in [0, 0.1) is 0 Å². The summed E-state index contributed by atoms with van der Waals surface area (Å²) in [5, 5.41) is 8.81. The number of nitrogens with zero attached hydrogens (tertiary/aromatic N) is 1. The van der Waals surface area contributed by atoms with Gasteiger partial charge in [0, 0.05) is 6.04 Å². The number of aliphatic carboxylic acids is 1. The van der Waals surface area contributed by atoms with Gasteiger partial charge in [0.05, 0.1) is 0 Å². The SMILES string of the molecule is CCC(C)N(CC(=O)O)C(=O)OCc1ccccc1. The molecule has 0 saturated heterocycles. The minimum Gasteiger partial charge on any atom is -0.480 e. The zero-order valence-corrected chi connectivity index (χ0v) is 11.2. The first kappa shape index (κ1) is 15.0. The summed E-state index contributed by atoms with van der Waals surface area (Å²) < 4.78 is 5.14. The summed E-state index contributed by atoms with van der Waals surface area (Å²) in [6.07, 6.45) is 0.0777. The number of rotatable bonds is 6. The highest BCUT2D eigenvalue weighted by Crippen LogP contribution is 2.08. The maximum atomic E-state index is 11.9. The predicted molar refractivity (Wildman–Crippen MR) is 70.7 cm³/mol. The van der Waals surface area contributed by atoms with Gasteiger partial charge in [-0.2, -0.15) is 0 Å². The molecule has 19 heavy (non-hydrogen) atoms. The number of benzene rings is 1. The average molecular weight is 265 g/mol. The third-order valence-electron chi connectivity index (χ3n) is 2.87. The number of ether oxygens (including phenoxy) is 1. The molecule has 104 valence electrons. The molecular formula is C14H19NO4. The molecule has 0 aliphatic heterocycles. The fraction of sp³-hybridized carbons (Fsp3) is 0.429. The summed E-state index contributed by atoms with van der Waals surface area (Å²) >= 11 is 0. The van der Waals surface area contributed by atoms with Crippen molar-refractivity contribution in [1.29, 1.82) is 0 Å². The number of carbonyl (C=O) groups excluding carboxylic acids is 1. The van der Waals surface area contributed by atoms with E-state index < -0.39 is 12.1 Å². The van der Waals surface area contributed by atoms with Gasteiger partial charge in [0.1, 0.15) is 13.2 Å². The molecule has 0 aliphatic rings.